The molecule has 1 aliphatic carbocycles. The quantitative estimate of drug-likeness (QED) is 0.486. The highest BCUT2D eigenvalue weighted by Crippen LogP contribution is 2.01. The summed E-state index contributed by atoms with van der Waals surface area (Å²) in [6.07, 6.45) is 24.0. The average molecular weight is 173 g/mol. The number of hydrogen-bond acceptors (Lipinski definition) is 0. The van der Waals surface area contributed by atoms with Crippen LogP contribution in [0.15, 0.2) is 42.5 Å². The van der Waals surface area contributed by atoms with E-state index in [0.717, 1.165) is 19.3 Å². The lowest BCUT2D eigenvalue weighted by Gasteiger charge is -1.89. The predicted octanol–water partition coefficient (Wildman–Crippen LogP) is 3.98. The van der Waals surface area contributed by atoms with Crippen molar-refractivity contribution in [2.75, 3.05) is 0 Å². The van der Waals surface area contributed by atoms with E-state index < -0.39 is 0 Å². The molecule has 0 saturated heterocycles. The molecule has 1 rings (SSSR count). The van der Waals surface area contributed by atoms with Crippen LogP contribution in [0.1, 0.15) is 32.1 Å². The van der Waals surface area contributed by atoms with Gasteiger partial charge in [0.1, 0.15) is 0 Å². The van der Waals surface area contributed by atoms with E-state index in [2.05, 4.69) is 36.5 Å². The molecule has 0 aromatic carbocycles. The smallest absolute Gasteiger partial charge is 0.0187 e. The van der Waals surface area contributed by atoms with Crippen molar-refractivity contribution in [1.29, 1.82) is 0 Å². The number of allylic oxidation sites excluding steroid dienone is 8. The van der Waals surface area contributed by atoms with E-state index in [1.807, 2.05) is 12.2 Å². The van der Waals surface area contributed by atoms with Gasteiger partial charge in [-0.2, -0.15) is 0 Å². The van der Waals surface area contributed by atoms with Crippen molar-refractivity contribution in [3.8, 4) is 0 Å². The third-order valence-corrected chi connectivity index (χ3v) is 1.95. The SMILES string of the molecule is [C]1=CC=CCCC=CCCCC=C1. The molecule has 13 heavy (non-hydrogen) atoms. The van der Waals surface area contributed by atoms with Gasteiger partial charge in [0.15, 0.2) is 0 Å². The summed E-state index contributed by atoms with van der Waals surface area (Å²) in [6, 6.07) is 0. The first kappa shape index (κ1) is 10.0. The highest BCUT2D eigenvalue weighted by molar-refractivity contribution is 5.06. The predicted molar refractivity (Wildman–Crippen MR) is 58.3 cm³/mol. The number of hydrogen-bond donors (Lipinski definition) is 0. The first-order valence-corrected chi connectivity index (χ1v) is 5.04. The van der Waals surface area contributed by atoms with Gasteiger partial charge in [-0.25, -0.2) is 0 Å². The maximum Gasteiger partial charge on any atom is -0.0187 e. The Morgan fingerprint density at radius 2 is 1.54 bits per heavy atom. The van der Waals surface area contributed by atoms with Crippen molar-refractivity contribution in [1.82, 2.24) is 0 Å². The van der Waals surface area contributed by atoms with Crippen molar-refractivity contribution in [2.45, 2.75) is 32.1 Å². The van der Waals surface area contributed by atoms with Gasteiger partial charge in [-0.3, -0.25) is 0 Å². The van der Waals surface area contributed by atoms with Crippen molar-refractivity contribution in [3.63, 3.8) is 0 Å². The molecule has 1 radical (unpaired) electrons. The van der Waals surface area contributed by atoms with Gasteiger partial charge in [0.25, 0.3) is 0 Å². The van der Waals surface area contributed by atoms with Crippen LogP contribution >= 0.6 is 0 Å². The van der Waals surface area contributed by atoms with Gasteiger partial charge in [-0.1, -0.05) is 42.5 Å². The maximum atomic E-state index is 3.11. The van der Waals surface area contributed by atoms with Gasteiger partial charge < -0.3 is 0 Å². The fourth-order valence-corrected chi connectivity index (χ4v) is 1.21. The lowest BCUT2D eigenvalue weighted by Crippen LogP contribution is -1.69. The Kier molecular flexibility index (Phi) is 5.87. The summed E-state index contributed by atoms with van der Waals surface area (Å²) in [6.45, 7) is 0. The van der Waals surface area contributed by atoms with E-state index in [0.29, 0.717) is 0 Å². The van der Waals surface area contributed by atoms with Crippen LogP contribution in [0.4, 0.5) is 0 Å². The largest absolute Gasteiger partial charge is 0.0885 e. The maximum absolute atomic E-state index is 3.11. The Bertz CT molecular complexity index is 216. The Morgan fingerprint density at radius 3 is 2.54 bits per heavy atom. The van der Waals surface area contributed by atoms with E-state index in [1.54, 1.807) is 0 Å². The van der Waals surface area contributed by atoms with Crippen LogP contribution in [-0.2, 0) is 0 Å². The zero-order chi connectivity index (χ0) is 9.19. The molecule has 0 unspecified atom stereocenters. The number of rotatable bonds is 0. The summed E-state index contributed by atoms with van der Waals surface area (Å²) >= 11 is 0. The molecule has 0 bridgehead atoms. The van der Waals surface area contributed by atoms with Gasteiger partial charge in [-0.15, -0.1) is 0 Å². The normalized spacial score (nSPS) is 19.1. The fraction of sp³-hybridized carbons (Fsp3) is 0.385. The molecule has 0 amide bonds. The summed E-state index contributed by atoms with van der Waals surface area (Å²) in [4.78, 5) is 0. The minimum Gasteiger partial charge on any atom is -0.0885 e. The molecule has 0 aliphatic heterocycles. The highest BCUT2D eigenvalue weighted by Gasteiger charge is 1.81. The second-order valence-electron chi connectivity index (χ2n) is 3.14. The summed E-state index contributed by atoms with van der Waals surface area (Å²) in [7, 11) is 0. The van der Waals surface area contributed by atoms with E-state index in [9.17, 15) is 0 Å². The topological polar surface area (TPSA) is 0 Å². The Hall–Kier alpha value is -1.04. The zero-order valence-electron chi connectivity index (χ0n) is 8.08. The lowest BCUT2D eigenvalue weighted by molar-refractivity contribution is 0.862. The van der Waals surface area contributed by atoms with Gasteiger partial charge in [0.05, 0.1) is 0 Å². The van der Waals surface area contributed by atoms with Crippen LogP contribution in [0.3, 0.4) is 0 Å². The van der Waals surface area contributed by atoms with E-state index in [4.69, 9.17) is 0 Å². The summed E-state index contributed by atoms with van der Waals surface area (Å²) in [5.41, 5.74) is 0. The van der Waals surface area contributed by atoms with Gasteiger partial charge >= 0.3 is 0 Å². The van der Waals surface area contributed by atoms with Crippen molar-refractivity contribution >= 4 is 0 Å². The van der Waals surface area contributed by atoms with Crippen LogP contribution in [0.2, 0.25) is 0 Å². The van der Waals surface area contributed by atoms with Crippen LogP contribution < -0.4 is 0 Å². The zero-order valence-corrected chi connectivity index (χ0v) is 8.08. The molecule has 0 spiro atoms. The van der Waals surface area contributed by atoms with Crippen molar-refractivity contribution in [2.24, 2.45) is 0 Å². The summed E-state index contributed by atoms with van der Waals surface area (Å²) in [5, 5.41) is 0. The molecule has 0 atom stereocenters. The van der Waals surface area contributed by atoms with Gasteiger partial charge in [0.2, 0.25) is 0 Å². The molecule has 0 aromatic heterocycles. The highest BCUT2D eigenvalue weighted by atomic mass is 13.9. The molecular formula is C13H17. The van der Waals surface area contributed by atoms with Crippen LogP contribution in [0, 0.1) is 6.08 Å². The van der Waals surface area contributed by atoms with Gasteiger partial charge in [0, 0.05) is 0 Å². The third kappa shape index (κ3) is 6.15. The Balaban J connectivity index is 2.38. The molecule has 69 valence electrons. The molecule has 0 heterocycles. The van der Waals surface area contributed by atoms with Crippen molar-refractivity contribution in [3.05, 3.63) is 48.6 Å². The molecule has 0 heteroatoms. The molecule has 0 fully saturated rings. The molecular weight excluding hydrogens is 156 g/mol. The molecule has 0 nitrogen and oxygen atoms in total. The first-order chi connectivity index (χ1) is 6.50. The second kappa shape index (κ2) is 7.60. The third-order valence-electron chi connectivity index (χ3n) is 1.95. The lowest BCUT2D eigenvalue weighted by atomic mass is 10.2. The van der Waals surface area contributed by atoms with E-state index >= 15 is 0 Å². The van der Waals surface area contributed by atoms with Gasteiger partial charge in [-0.05, 0) is 38.2 Å². The molecule has 1 aliphatic rings. The van der Waals surface area contributed by atoms with E-state index in [-0.39, 0.29) is 0 Å². The molecule has 0 N–H and O–H groups in total. The van der Waals surface area contributed by atoms with Crippen molar-refractivity contribution < 1.29 is 0 Å². The average Bonchev–Trinajstić information content (AvgIpc) is 2.18. The Labute approximate surface area is 81.4 Å². The summed E-state index contributed by atoms with van der Waals surface area (Å²) < 4.78 is 0. The monoisotopic (exact) mass is 173 g/mol. The van der Waals surface area contributed by atoms with E-state index in [1.165, 1.54) is 12.8 Å². The molecule has 0 saturated carbocycles. The second-order valence-corrected chi connectivity index (χ2v) is 3.14. The Morgan fingerprint density at radius 1 is 0.769 bits per heavy atom. The minimum atomic E-state index is 1.14. The summed E-state index contributed by atoms with van der Waals surface area (Å²) in [5.74, 6) is 0. The first-order valence-electron chi connectivity index (χ1n) is 5.04. The van der Waals surface area contributed by atoms with Crippen LogP contribution in [0.25, 0.3) is 0 Å². The van der Waals surface area contributed by atoms with Crippen LogP contribution in [-0.4, -0.2) is 0 Å². The standard InChI is InChI=1S/C13H17/c1-2-4-6-8-10-12-13-11-9-7-5-3-1/h1-3,7-10H,4,6,11-13H2. The molecule has 0 aromatic rings. The fourth-order valence-electron chi connectivity index (χ4n) is 1.21. The van der Waals surface area contributed by atoms with Crippen LogP contribution in [0.5, 0.6) is 0 Å². The minimum absolute atomic E-state index is 1.14.